The van der Waals surface area contributed by atoms with E-state index >= 15 is 0 Å². The Labute approximate surface area is 116 Å². The molecule has 3 nitrogen and oxygen atoms in total. The van der Waals surface area contributed by atoms with Crippen molar-refractivity contribution in [3.63, 3.8) is 0 Å². The van der Waals surface area contributed by atoms with Gasteiger partial charge in [0.15, 0.2) is 0 Å². The third-order valence-corrected chi connectivity index (χ3v) is 2.76. The molecular formula is C15H12ClNO2. The molecule has 4 heteroatoms. The van der Waals surface area contributed by atoms with E-state index in [0.717, 1.165) is 5.56 Å². The van der Waals surface area contributed by atoms with E-state index in [-0.39, 0.29) is 11.7 Å². The number of halogens is 1. The molecule has 0 atom stereocenters. The lowest BCUT2D eigenvalue weighted by atomic mass is 10.2. The van der Waals surface area contributed by atoms with Crippen LogP contribution in [0.15, 0.2) is 54.6 Å². The number of anilines is 1. The zero-order chi connectivity index (χ0) is 13.7. The second-order valence-electron chi connectivity index (χ2n) is 3.90. The Balaban J connectivity index is 2.04. The molecule has 0 aliphatic carbocycles. The van der Waals surface area contributed by atoms with Crippen LogP contribution >= 0.6 is 11.6 Å². The molecule has 2 aromatic carbocycles. The minimum Gasteiger partial charge on any atom is -0.508 e. The lowest BCUT2D eigenvalue weighted by Crippen LogP contribution is -2.07. The van der Waals surface area contributed by atoms with Crippen molar-refractivity contribution in [2.75, 3.05) is 5.32 Å². The maximum absolute atomic E-state index is 11.7. The molecule has 2 aromatic rings. The molecule has 0 bridgehead atoms. The second kappa shape index (κ2) is 6.07. The van der Waals surface area contributed by atoms with Gasteiger partial charge in [-0.05, 0) is 35.9 Å². The molecule has 96 valence electrons. The molecule has 2 N–H and O–H groups in total. The van der Waals surface area contributed by atoms with Crippen LogP contribution in [0.4, 0.5) is 5.69 Å². The molecule has 0 saturated heterocycles. The number of carbonyl (C=O) groups excluding carboxylic acids is 1. The smallest absolute Gasteiger partial charge is 0.248 e. The molecule has 0 fully saturated rings. The van der Waals surface area contributed by atoms with Crippen LogP contribution in [0.2, 0.25) is 5.02 Å². The van der Waals surface area contributed by atoms with Crippen LogP contribution in [0.5, 0.6) is 5.75 Å². The van der Waals surface area contributed by atoms with Gasteiger partial charge in [-0.25, -0.2) is 0 Å². The Morgan fingerprint density at radius 2 is 1.95 bits per heavy atom. The number of carbonyl (C=O) groups is 1. The zero-order valence-electron chi connectivity index (χ0n) is 10.0. The van der Waals surface area contributed by atoms with Crippen molar-refractivity contribution < 1.29 is 9.90 Å². The highest BCUT2D eigenvalue weighted by atomic mass is 35.5. The van der Waals surface area contributed by atoms with Gasteiger partial charge in [-0.1, -0.05) is 35.9 Å². The van der Waals surface area contributed by atoms with E-state index in [9.17, 15) is 9.90 Å². The van der Waals surface area contributed by atoms with Gasteiger partial charge in [0.05, 0.1) is 10.7 Å². The van der Waals surface area contributed by atoms with E-state index in [2.05, 4.69) is 5.32 Å². The number of amides is 1. The van der Waals surface area contributed by atoms with Crippen LogP contribution < -0.4 is 5.32 Å². The first kappa shape index (κ1) is 13.2. The monoisotopic (exact) mass is 273 g/mol. The summed E-state index contributed by atoms with van der Waals surface area (Å²) in [7, 11) is 0. The van der Waals surface area contributed by atoms with E-state index in [1.807, 2.05) is 0 Å². The number of hydrogen-bond donors (Lipinski definition) is 2. The number of phenols is 1. The molecule has 0 saturated carbocycles. The van der Waals surface area contributed by atoms with Crippen LogP contribution in [0.25, 0.3) is 6.08 Å². The summed E-state index contributed by atoms with van der Waals surface area (Å²) in [6.07, 6.45) is 3.00. The first-order valence-electron chi connectivity index (χ1n) is 5.68. The number of rotatable bonds is 3. The van der Waals surface area contributed by atoms with E-state index < -0.39 is 0 Å². The van der Waals surface area contributed by atoms with Crippen LogP contribution in [0, 0.1) is 0 Å². The lowest BCUT2D eigenvalue weighted by molar-refractivity contribution is -0.111. The van der Waals surface area contributed by atoms with E-state index in [1.54, 1.807) is 54.6 Å². The van der Waals surface area contributed by atoms with E-state index in [0.29, 0.717) is 10.7 Å². The fourth-order valence-electron chi connectivity index (χ4n) is 1.54. The van der Waals surface area contributed by atoms with Crippen molar-refractivity contribution in [3.8, 4) is 5.75 Å². The summed E-state index contributed by atoms with van der Waals surface area (Å²) in [5, 5.41) is 12.5. The van der Waals surface area contributed by atoms with Crippen molar-refractivity contribution in [1.29, 1.82) is 0 Å². The molecule has 0 radical (unpaired) electrons. The Kier molecular flexibility index (Phi) is 4.21. The summed E-state index contributed by atoms with van der Waals surface area (Å²) in [4.78, 5) is 11.7. The number of phenolic OH excluding ortho intramolecular Hbond substituents is 1. The first-order valence-corrected chi connectivity index (χ1v) is 6.05. The van der Waals surface area contributed by atoms with Crippen LogP contribution in [-0.2, 0) is 4.79 Å². The van der Waals surface area contributed by atoms with Crippen molar-refractivity contribution in [1.82, 2.24) is 0 Å². The van der Waals surface area contributed by atoms with E-state index in [4.69, 9.17) is 11.6 Å². The highest BCUT2D eigenvalue weighted by Gasteiger charge is 2.01. The fourth-order valence-corrected chi connectivity index (χ4v) is 1.72. The van der Waals surface area contributed by atoms with Gasteiger partial charge >= 0.3 is 0 Å². The standard InChI is InChI=1S/C15H12ClNO2/c16-13-6-1-2-7-14(13)17-15(19)9-8-11-4-3-5-12(18)10-11/h1-10,18H,(H,17,19)/b9-8+. The molecule has 19 heavy (non-hydrogen) atoms. The fraction of sp³-hybridized carbons (Fsp3) is 0. The number of nitrogens with one attached hydrogen (secondary N) is 1. The highest BCUT2D eigenvalue weighted by molar-refractivity contribution is 6.33. The average molecular weight is 274 g/mol. The molecular weight excluding hydrogens is 262 g/mol. The van der Waals surface area contributed by atoms with Crippen LogP contribution in [-0.4, -0.2) is 11.0 Å². The van der Waals surface area contributed by atoms with Crippen molar-refractivity contribution in [3.05, 3.63) is 65.2 Å². The normalized spacial score (nSPS) is 10.6. The maximum Gasteiger partial charge on any atom is 0.248 e. The van der Waals surface area contributed by atoms with Crippen molar-refractivity contribution in [2.45, 2.75) is 0 Å². The minimum atomic E-state index is -0.281. The zero-order valence-corrected chi connectivity index (χ0v) is 10.8. The summed E-state index contributed by atoms with van der Waals surface area (Å²) >= 11 is 5.93. The van der Waals surface area contributed by atoms with Gasteiger partial charge in [0.25, 0.3) is 0 Å². The van der Waals surface area contributed by atoms with Gasteiger partial charge in [0, 0.05) is 6.08 Å². The summed E-state index contributed by atoms with van der Waals surface area (Å²) in [6, 6.07) is 13.7. The Bertz CT molecular complexity index is 623. The van der Waals surface area contributed by atoms with Gasteiger partial charge in [0.2, 0.25) is 5.91 Å². The Morgan fingerprint density at radius 3 is 2.68 bits per heavy atom. The van der Waals surface area contributed by atoms with Gasteiger partial charge in [-0.3, -0.25) is 4.79 Å². The minimum absolute atomic E-state index is 0.161. The molecule has 2 rings (SSSR count). The molecule has 0 heterocycles. The summed E-state index contributed by atoms with van der Waals surface area (Å²) < 4.78 is 0. The third-order valence-electron chi connectivity index (χ3n) is 2.43. The first-order chi connectivity index (χ1) is 9.15. The largest absolute Gasteiger partial charge is 0.508 e. The summed E-state index contributed by atoms with van der Waals surface area (Å²) in [5.41, 5.74) is 1.31. The second-order valence-corrected chi connectivity index (χ2v) is 4.30. The van der Waals surface area contributed by atoms with Gasteiger partial charge in [0.1, 0.15) is 5.75 Å². The quantitative estimate of drug-likeness (QED) is 0.838. The van der Waals surface area contributed by atoms with Crippen molar-refractivity contribution >= 4 is 29.3 Å². The van der Waals surface area contributed by atoms with E-state index in [1.165, 1.54) is 6.08 Å². The van der Waals surface area contributed by atoms with Crippen LogP contribution in [0.1, 0.15) is 5.56 Å². The average Bonchev–Trinajstić information content (AvgIpc) is 2.39. The molecule has 1 amide bonds. The predicted octanol–water partition coefficient (Wildman–Crippen LogP) is 3.70. The highest BCUT2D eigenvalue weighted by Crippen LogP contribution is 2.20. The summed E-state index contributed by atoms with van der Waals surface area (Å²) in [6.45, 7) is 0. The molecule has 0 aliphatic rings. The number of benzene rings is 2. The third kappa shape index (κ3) is 3.86. The lowest BCUT2D eigenvalue weighted by Gasteiger charge is -2.03. The van der Waals surface area contributed by atoms with Gasteiger partial charge in [-0.2, -0.15) is 0 Å². The SMILES string of the molecule is O=C(/C=C/c1cccc(O)c1)Nc1ccccc1Cl. The molecule has 0 spiro atoms. The van der Waals surface area contributed by atoms with Crippen molar-refractivity contribution in [2.24, 2.45) is 0 Å². The number of para-hydroxylation sites is 1. The van der Waals surface area contributed by atoms with Gasteiger partial charge in [-0.15, -0.1) is 0 Å². The Hall–Kier alpha value is -2.26. The number of hydrogen-bond acceptors (Lipinski definition) is 2. The maximum atomic E-state index is 11.7. The molecule has 0 aromatic heterocycles. The van der Waals surface area contributed by atoms with Gasteiger partial charge < -0.3 is 10.4 Å². The number of aromatic hydroxyl groups is 1. The molecule has 0 aliphatic heterocycles. The van der Waals surface area contributed by atoms with Crippen LogP contribution in [0.3, 0.4) is 0 Å². The predicted molar refractivity (Wildman–Crippen MR) is 77.2 cm³/mol. The Morgan fingerprint density at radius 1 is 1.16 bits per heavy atom. The summed E-state index contributed by atoms with van der Waals surface area (Å²) in [5.74, 6) is -0.120. The topological polar surface area (TPSA) is 49.3 Å². The molecule has 0 unspecified atom stereocenters.